The SMILES string of the molecule is C=CCn1c(C(=O)OC)nc2c1C(=C)N(CCCC)C(=O)N2CCCC. The van der Waals surface area contributed by atoms with E-state index in [4.69, 9.17) is 4.74 Å². The van der Waals surface area contributed by atoms with Gasteiger partial charge in [-0.25, -0.2) is 14.6 Å². The third-order valence-electron chi connectivity index (χ3n) is 4.42. The van der Waals surface area contributed by atoms with Gasteiger partial charge in [0.15, 0.2) is 5.82 Å². The first-order valence-electron chi connectivity index (χ1n) is 9.09. The highest BCUT2D eigenvalue weighted by Gasteiger charge is 2.38. The van der Waals surface area contributed by atoms with Gasteiger partial charge in [0.2, 0.25) is 5.82 Å². The van der Waals surface area contributed by atoms with Gasteiger partial charge >= 0.3 is 12.0 Å². The first-order valence-corrected chi connectivity index (χ1v) is 9.09. The Bertz CT molecular complexity index is 708. The van der Waals surface area contributed by atoms with Crippen LogP contribution in [0.4, 0.5) is 10.6 Å². The summed E-state index contributed by atoms with van der Waals surface area (Å²) in [6.45, 7) is 13.5. The molecule has 0 saturated heterocycles. The number of methoxy groups -OCH3 is 1. The molecule has 0 radical (unpaired) electrons. The van der Waals surface area contributed by atoms with Crippen molar-refractivity contribution < 1.29 is 14.3 Å². The molecule has 0 aromatic carbocycles. The van der Waals surface area contributed by atoms with Crippen molar-refractivity contribution in [1.82, 2.24) is 14.5 Å². The van der Waals surface area contributed by atoms with Crippen molar-refractivity contribution in [2.24, 2.45) is 0 Å². The van der Waals surface area contributed by atoms with Crippen LogP contribution >= 0.6 is 0 Å². The fraction of sp³-hybridized carbons (Fsp3) is 0.526. The topological polar surface area (TPSA) is 67.7 Å². The molecule has 7 heteroatoms. The van der Waals surface area contributed by atoms with Gasteiger partial charge in [-0.15, -0.1) is 6.58 Å². The summed E-state index contributed by atoms with van der Waals surface area (Å²) in [5.41, 5.74) is 1.24. The van der Waals surface area contributed by atoms with Crippen molar-refractivity contribution >= 4 is 23.5 Å². The number of rotatable bonds is 9. The van der Waals surface area contributed by atoms with Crippen molar-refractivity contribution in [3.05, 3.63) is 30.8 Å². The summed E-state index contributed by atoms with van der Waals surface area (Å²) in [5, 5.41) is 0. The van der Waals surface area contributed by atoms with E-state index in [1.165, 1.54) is 7.11 Å². The largest absolute Gasteiger partial charge is 0.463 e. The Morgan fingerprint density at radius 3 is 2.35 bits per heavy atom. The molecule has 0 fully saturated rings. The lowest BCUT2D eigenvalue weighted by Crippen LogP contribution is -2.47. The van der Waals surface area contributed by atoms with E-state index in [0.29, 0.717) is 36.8 Å². The van der Waals surface area contributed by atoms with Gasteiger partial charge in [0.05, 0.1) is 12.8 Å². The normalized spacial score (nSPS) is 13.8. The first kappa shape index (κ1) is 19.8. The van der Waals surface area contributed by atoms with Crippen LogP contribution in [0.5, 0.6) is 0 Å². The average molecular weight is 360 g/mol. The molecule has 26 heavy (non-hydrogen) atoms. The number of esters is 1. The highest BCUT2D eigenvalue weighted by Crippen LogP contribution is 2.36. The Labute approximate surface area is 154 Å². The highest BCUT2D eigenvalue weighted by atomic mass is 16.5. The molecule has 2 rings (SSSR count). The fourth-order valence-electron chi connectivity index (χ4n) is 3.01. The Balaban J connectivity index is 2.60. The highest BCUT2D eigenvalue weighted by molar-refractivity contribution is 6.04. The van der Waals surface area contributed by atoms with Gasteiger partial charge in [-0.3, -0.25) is 9.80 Å². The molecule has 0 unspecified atom stereocenters. The van der Waals surface area contributed by atoms with E-state index in [0.717, 1.165) is 25.7 Å². The number of urea groups is 1. The molecule has 1 aromatic heterocycles. The lowest BCUT2D eigenvalue weighted by molar-refractivity contribution is 0.0582. The van der Waals surface area contributed by atoms with E-state index < -0.39 is 5.97 Å². The molecule has 2 heterocycles. The maximum Gasteiger partial charge on any atom is 0.374 e. The Morgan fingerprint density at radius 2 is 1.81 bits per heavy atom. The Morgan fingerprint density at radius 1 is 1.19 bits per heavy atom. The van der Waals surface area contributed by atoms with Gasteiger partial charge in [-0.1, -0.05) is 39.3 Å². The minimum Gasteiger partial charge on any atom is -0.463 e. The predicted octanol–water partition coefficient (Wildman–Crippen LogP) is 3.67. The quantitative estimate of drug-likeness (QED) is 0.498. The van der Waals surface area contributed by atoms with Gasteiger partial charge in [0.1, 0.15) is 5.69 Å². The predicted molar refractivity (Wildman–Crippen MR) is 102 cm³/mol. The van der Waals surface area contributed by atoms with Crippen LogP contribution in [-0.2, 0) is 11.3 Å². The smallest absolute Gasteiger partial charge is 0.374 e. The molecular formula is C19H28N4O3. The minimum atomic E-state index is -0.544. The molecule has 142 valence electrons. The van der Waals surface area contributed by atoms with Crippen LogP contribution < -0.4 is 4.90 Å². The fourth-order valence-corrected chi connectivity index (χ4v) is 3.01. The zero-order valence-corrected chi connectivity index (χ0v) is 16.0. The molecule has 0 N–H and O–H groups in total. The second-order valence-corrected chi connectivity index (χ2v) is 6.24. The molecule has 0 aliphatic carbocycles. The van der Waals surface area contributed by atoms with E-state index >= 15 is 0 Å². The number of carbonyl (C=O) groups is 2. The summed E-state index contributed by atoms with van der Waals surface area (Å²) in [6, 6.07) is -0.135. The van der Waals surface area contributed by atoms with E-state index in [1.807, 2.05) is 0 Å². The molecule has 1 aromatic rings. The van der Waals surface area contributed by atoms with Crippen LogP contribution in [0.2, 0.25) is 0 Å². The number of nitrogens with zero attached hydrogens (tertiary/aromatic N) is 4. The van der Waals surface area contributed by atoms with Crippen LogP contribution in [0.1, 0.15) is 55.8 Å². The molecular weight excluding hydrogens is 332 g/mol. The van der Waals surface area contributed by atoms with Crippen LogP contribution in [0.15, 0.2) is 19.2 Å². The summed E-state index contributed by atoms with van der Waals surface area (Å²) in [5.74, 6) is 0.0886. The van der Waals surface area contributed by atoms with E-state index in [-0.39, 0.29) is 11.9 Å². The molecule has 0 atom stereocenters. The van der Waals surface area contributed by atoms with Gasteiger partial charge in [0, 0.05) is 19.6 Å². The molecule has 7 nitrogen and oxygen atoms in total. The van der Waals surface area contributed by atoms with E-state index in [2.05, 4.69) is 32.0 Å². The number of anilines is 1. The summed E-state index contributed by atoms with van der Waals surface area (Å²) in [7, 11) is 1.32. The lowest BCUT2D eigenvalue weighted by Gasteiger charge is -2.36. The lowest BCUT2D eigenvalue weighted by atomic mass is 10.2. The van der Waals surface area contributed by atoms with E-state index in [9.17, 15) is 9.59 Å². The number of imidazole rings is 1. The summed E-state index contributed by atoms with van der Waals surface area (Å²) in [4.78, 5) is 33.0. The van der Waals surface area contributed by atoms with Crippen molar-refractivity contribution in [3.63, 3.8) is 0 Å². The van der Waals surface area contributed by atoms with Crippen LogP contribution in [0.25, 0.3) is 5.70 Å². The molecule has 0 bridgehead atoms. The maximum absolute atomic E-state index is 13.0. The number of fused-ring (bicyclic) bond motifs is 1. The summed E-state index contributed by atoms with van der Waals surface area (Å²) >= 11 is 0. The number of ether oxygens (including phenoxy) is 1. The Hall–Kier alpha value is -2.57. The maximum atomic E-state index is 13.0. The van der Waals surface area contributed by atoms with Gasteiger partial charge < -0.3 is 9.30 Å². The standard InChI is InChI=1S/C19H28N4O3/c1-6-9-12-21-14(4)15-16(23(19(21)25)13-10-7-2)20-17(18(24)26-5)22(15)11-8-3/h8H,3-4,6-7,9-13H2,1-2,5H3. The monoisotopic (exact) mass is 360 g/mol. The average Bonchev–Trinajstić information content (AvgIpc) is 3.00. The van der Waals surface area contributed by atoms with E-state index in [1.54, 1.807) is 20.4 Å². The molecule has 1 aliphatic rings. The number of hydrogen-bond acceptors (Lipinski definition) is 4. The first-order chi connectivity index (χ1) is 12.5. The number of hydrogen-bond donors (Lipinski definition) is 0. The summed E-state index contributed by atoms with van der Waals surface area (Å²) < 4.78 is 6.59. The van der Waals surface area contributed by atoms with Crippen LogP contribution in [-0.4, -0.2) is 46.7 Å². The number of carbonyl (C=O) groups excluding carboxylic acids is 2. The number of aromatic nitrogens is 2. The van der Waals surface area contributed by atoms with Crippen molar-refractivity contribution in [2.75, 3.05) is 25.1 Å². The number of unbranched alkanes of at least 4 members (excludes halogenated alkanes) is 2. The Kier molecular flexibility index (Phi) is 6.60. The van der Waals surface area contributed by atoms with Gasteiger partial charge in [-0.05, 0) is 12.8 Å². The van der Waals surface area contributed by atoms with Crippen LogP contribution in [0.3, 0.4) is 0 Å². The third kappa shape index (κ3) is 3.52. The molecule has 2 amide bonds. The zero-order chi connectivity index (χ0) is 19.3. The second kappa shape index (κ2) is 8.69. The summed E-state index contributed by atoms with van der Waals surface area (Å²) in [6.07, 6.45) is 5.33. The van der Waals surface area contributed by atoms with Gasteiger partial charge in [-0.2, -0.15) is 0 Å². The molecule has 1 aliphatic heterocycles. The van der Waals surface area contributed by atoms with Gasteiger partial charge in [0.25, 0.3) is 0 Å². The number of allylic oxidation sites excluding steroid dienone is 1. The van der Waals surface area contributed by atoms with Crippen LogP contribution in [0, 0.1) is 0 Å². The van der Waals surface area contributed by atoms with Crippen molar-refractivity contribution in [1.29, 1.82) is 0 Å². The van der Waals surface area contributed by atoms with Crippen molar-refractivity contribution in [2.45, 2.75) is 46.1 Å². The van der Waals surface area contributed by atoms with Crippen molar-refractivity contribution in [3.8, 4) is 0 Å². The third-order valence-corrected chi connectivity index (χ3v) is 4.42. The second-order valence-electron chi connectivity index (χ2n) is 6.24. The zero-order valence-electron chi connectivity index (χ0n) is 16.0. The minimum absolute atomic E-state index is 0.135. The molecule has 0 saturated carbocycles. The number of amides is 2. The molecule has 0 spiro atoms.